The largest absolute Gasteiger partial charge is 0.465 e. The second kappa shape index (κ2) is 7.31. The second-order valence-electron chi connectivity index (χ2n) is 6.26. The van der Waals surface area contributed by atoms with Gasteiger partial charge in [0.1, 0.15) is 0 Å². The lowest BCUT2D eigenvalue weighted by molar-refractivity contribution is 0.0375. The average molecular weight is 348 g/mol. The van der Waals surface area contributed by atoms with Gasteiger partial charge in [-0.1, -0.05) is 25.1 Å². The minimum Gasteiger partial charge on any atom is -0.465 e. The standard InChI is InChI=1S/C20H22F2O3/c1-12-8-17(19(24)25-4)18(9-13(12)2)20(21,22)16-7-5-6-15(10-16)14(3)11-23/h5-10,14,23H,11H2,1-4H3. The molecule has 0 amide bonds. The molecule has 1 atom stereocenters. The van der Waals surface area contributed by atoms with Gasteiger partial charge in [0.2, 0.25) is 0 Å². The molecule has 3 nitrogen and oxygen atoms in total. The van der Waals surface area contributed by atoms with Crippen LogP contribution in [-0.2, 0) is 10.7 Å². The molecule has 0 aliphatic carbocycles. The highest BCUT2D eigenvalue weighted by Crippen LogP contribution is 2.39. The van der Waals surface area contributed by atoms with Gasteiger partial charge in [0, 0.05) is 23.7 Å². The van der Waals surface area contributed by atoms with E-state index >= 15 is 8.78 Å². The first-order valence-corrected chi connectivity index (χ1v) is 8.01. The van der Waals surface area contributed by atoms with Gasteiger partial charge in [0.25, 0.3) is 5.92 Å². The maximum atomic E-state index is 15.2. The molecular weight excluding hydrogens is 326 g/mol. The predicted octanol–water partition coefficient (Wildman–Crippen LogP) is 4.33. The number of halogens is 2. The number of carbonyl (C=O) groups is 1. The van der Waals surface area contributed by atoms with Crippen LogP contribution in [0.25, 0.3) is 0 Å². The first-order valence-electron chi connectivity index (χ1n) is 8.01. The number of carbonyl (C=O) groups excluding carboxylic acids is 1. The molecule has 0 aliphatic heterocycles. The number of aliphatic hydroxyl groups excluding tert-OH is 1. The Kier molecular flexibility index (Phi) is 5.58. The number of aliphatic hydroxyl groups is 1. The number of ether oxygens (including phenoxy) is 1. The zero-order valence-corrected chi connectivity index (χ0v) is 14.8. The Morgan fingerprint density at radius 3 is 2.44 bits per heavy atom. The van der Waals surface area contributed by atoms with Crippen LogP contribution in [0.4, 0.5) is 8.78 Å². The van der Waals surface area contributed by atoms with Crippen LogP contribution in [0.5, 0.6) is 0 Å². The zero-order chi connectivity index (χ0) is 18.8. The van der Waals surface area contributed by atoms with Crippen molar-refractivity contribution >= 4 is 5.97 Å². The summed E-state index contributed by atoms with van der Waals surface area (Å²) in [5.41, 5.74) is 1.28. The summed E-state index contributed by atoms with van der Waals surface area (Å²) in [5, 5.41) is 9.27. The summed E-state index contributed by atoms with van der Waals surface area (Å²) < 4.78 is 35.1. The van der Waals surface area contributed by atoms with Crippen molar-refractivity contribution in [3.8, 4) is 0 Å². The molecular formula is C20H22F2O3. The second-order valence-corrected chi connectivity index (χ2v) is 6.26. The van der Waals surface area contributed by atoms with Gasteiger partial charge in [-0.05, 0) is 48.7 Å². The van der Waals surface area contributed by atoms with Crippen molar-refractivity contribution in [2.24, 2.45) is 0 Å². The third-order valence-electron chi connectivity index (χ3n) is 4.47. The summed E-state index contributed by atoms with van der Waals surface area (Å²) in [7, 11) is 1.17. The fraction of sp³-hybridized carbons (Fsp3) is 0.350. The molecule has 0 heterocycles. The van der Waals surface area contributed by atoms with E-state index in [1.54, 1.807) is 26.8 Å². The summed E-state index contributed by atoms with van der Waals surface area (Å²) in [6.07, 6.45) is 0. The molecule has 0 aliphatic rings. The van der Waals surface area contributed by atoms with Crippen LogP contribution in [0, 0.1) is 13.8 Å². The number of alkyl halides is 2. The van der Waals surface area contributed by atoms with Gasteiger partial charge in [-0.2, -0.15) is 8.78 Å². The summed E-state index contributed by atoms with van der Waals surface area (Å²) in [4.78, 5) is 12.0. The van der Waals surface area contributed by atoms with Crippen LogP contribution < -0.4 is 0 Å². The van der Waals surface area contributed by atoms with Gasteiger partial charge in [-0.3, -0.25) is 0 Å². The van der Waals surface area contributed by atoms with Crippen molar-refractivity contribution in [2.75, 3.05) is 13.7 Å². The maximum absolute atomic E-state index is 15.2. The number of benzene rings is 2. The number of methoxy groups -OCH3 is 1. The minimum absolute atomic E-state index is 0.133. The van der Waals surface area contributed by atoms with Crippen LogP contribution in [0.3, 0.4) is 0 Å². The van der Waals surface area contributed by atoms with E-state index in [0.717, 1.165) is 5.56 Å². The van der Waals surface area contributed by atoms with Crippen molar-refractivity contribution in [3.05, 3.63) is 69.8 Å². The van der Waals surface area contributed by atoms with E-state index in [-0.39, 0.29) is 29.2 Å². The van der Waals surface area contributed by atoms with Crippen LogP contribution in [0.2, 0.25) is 0 Å². The van der Waals surface area contributed by atoms with Gasteiger partial charge < -0.3 is 9.84 Å². The van der Waals surface area contributed by atoms with Crippen molar-refractivity contribution in [1.29, 1.82) is 0 Å². The first-order chi connectivity index (χ1) is 11.7. The highest BCUT2D eigenvalue weighted by Gasteiger charge is 2.38. The Balaban J connectivity index is 2.63. The minimum atomic E-state index is -3.37. The average Bonchev–Trinajstić information content (AvgIpc) is 2.62. The molecule has 0 radical (unpaired) electrons. The van der Waals surface area contributed by atoms with E-state index < -0.39 is 11.9 Å². The van der Waals surface area contributed by atoms with Crippen molar-refractivity contribution < 1.29 is 23.4 Å². The van der Waals surface area contributed by atoms with E-state index in [0.29, 0.717) is 11.1 Å². The third kappa shape index (κ3) is 3.71. The van der Waals surface area contributed by atoms with Crippen LogP contribution in [0.1, 0.15) is 51.0 Å². The third-order valence-corrected chi connectivity index (χ3v) is 4.47. The van der Waals surface area contributed by atoms with E-state index in [2.05, 4.69) is 4.74 Å². The van der Waals surface area contributed by atoms with Crippen molar-refractivity contribution in [3.63, 3.8) is 0 Å². The molecule has 1 unspecified atom stereocenters. The Morgan fingerprint density at radius 2 is 1.84 bits per heavy atom. The predicted molar refractivity (Wildman–Crippen MR) is 92.2 cm³/mol. The molecule has 2 aromatic rings. The lowest BCUT2D eigenvalue weighted by atomic mass is 9.90. The van der Waals surface area contributed by atoms with Gasteiger partial charge in [0.15, 0.2) is 0 Å². The number of esters is 1. The molecule has 5 heteroatoms. The molecule has 134 valence electrons. The highest BCUT2D eigenvalue weighted by molar-refractivity contribution is 5.92. The Bertz CT molecular complexity index is 785. The molecule has 2 rings (SSSR count). The molecule has 0 saturated heterocycles. The fourth-order valence-corrected chi connectivity index (χ4v) is 2.66. The molecule has 25 heavy (non-hydrogen) atoms. The SMILES string of the molecule is COC(=O)c1cc(C)c(C)cc1C(F)(F)c1cccc(C(C)CO)c1. The van der Waals surface area contributed by atoms with Gasteiger partial charge >= 0.3 is 5.97 Å². The highest BCUT2D eigenvalue weighted by atomic mass is 19.3. The number of hydrogen-bond acceptors (Lipinski definition) is 3. The van der Waals surface area contributed by atoms with Crippen LogP contribution >= 0.6 is 0 Å². The smallest absolute Gasteiger partial charge is 0.338 e. The van der Waals surface area contributed by atoms with Crippen molar-refractivity contribution in [2.45, 2.75) is 32.6 Å². The summed E-state index contributed by atoms with van der Waals surface area (Å²) in [6.45, 7) is 5.10. The number of rotatable bonds is 5. The molecule has 0 aromatic heterocycles. The molecule has 0 fully saturated rings. The summed E-state index contributed by atoms with van der Waals surface area (Å²) in [6, 6.07) is 8.70. The monoisotopic (exact) mass is 348 g/mol. The van der Waals surface area contributed by atoms with Gasteiger partial charge in [-0.15, -0.1) is 0 Å². The topological polar surface area (TPSA) is 46.5 Å². The summed E-state index contributed by atoms with van der Waals surface area (Å²) in [5.74, 6) is -4.42. The lowest BCUT2D eigenvalue weighted by Crippen LogP contribution is -2.21. The van der Waals surface area contributed by atoms with E-state index in [1.165, 1.54) is 37.4 Å². The number of hydrogen-bond donors (Lipinski definition) is 1. The Labute approximate surface area is 146 Å². The summed E-state index contributed by atoms with van der Waals surface area (Å²) >= 11 is 0. The lowest BCUT2D eigenvalue weighted by Gasteiger charge is -2.22. The molecule has 0 bridgehead atoms. The van der Waals surface area contributed by atoms with Crippen LogP contribution in [0.15, 0.2) is 36.4 Å². The van der Waals surface area contributed by atoms with Gasteiger partial charge in [-0.25, -0.2) is 4.79 Å². The first kappa shape index (κ1) is 19.1. The van der Waals surface area contributed by atoms with E-state index in [9.17, 15) is 9.90 Å². The van der Waals surface area contributed by atoms with Crippen molar-refractivity contribution in [1.82, 2.24) is 0 Å². The molecule has 1 N–H and O–H groups in total. The zero-order valence-electron chi connectivity index (χ0n) is 14.8. The Hall–Kier alpha value is -2.27. The van der Waals surface area contributed by atoms with E-state index in [1.807, 2.05) is 0 Å². The molecule has 0 spiro atoms. The molecule has 2 aromatic carbocycles. The van der Waals surface area contributed by atoms with Crippen LogP contribution in [-0.4, -0.2) is 24.8 Å². The maximum Gasteiger partial charge on any atom is 0.338 e. The normalized spacial score (nSPS) is 12.8. The number of aryl methyl sites for hydroxylation is 2. The van der Waals surface area contributed by atoms with Gasteiger partial charge in [0.05, 0.1) is 12.7 Å². The quantitative estimate of drug-likeness (QED) is 0.818. The molecule has 0 saturated carbocycles. The Morgan fingerprint density at radius 1 is 1.20 bits per heavy atom. The van der Waals surface area contributed by atoms with E-state index in [4.69, 9.17) is 0 Å². The fourth-order valence-electron chi connectivity index (χ4n) is 2.66.